The molecule has 2 aromatic rings. The second-order valence-electron chi connectivity index (χ2n) is 3.84. The maximum atomic E-state index is 13.2. The second kappa shape index (κ2) is 5.53. The van der Waals surface area contributed by atoms with E-state index in [0.717, 1.165) is 12.1 Å². The highest BCUT2D eigenvalue weighted by Crippen LogP contribution is 2.22. The van der Waals surface area contributed by atoms with Crippen LogP contribution in [0.4, 0.5) is 15.8 Å². The lowest BCUT2D eigenvalue weighted by Crippen LogP contribution is -2.17. The molecule has 0 radical (unpaired) electrons. The molecule has 1 aromatic heterocycles. The van der Waals surface area contributed by atoms with E-state index in [-0.39, 0.29) is 5.69 Å². The first kappa shape index (κ1) is 14.4. The summed E-state index contributed by atoms with van der Waals surface area (Å²) in [6, 6.07) is 3.15. The summed E-state index contributed by atoms with van der Waals surface area (Å²) >= 11 is 1.95. The average molecular weight is 390 g/mol. The topological polar surface area (TPSA) is 90.1 Å². The number of nitrogens with one attached hydrogen (secondary N) is 1. The van der Waals surface area contributed by atoms with E-state index in [1.165, 1.54) is 16.9 Å². The molecule has 2 rings (SSSR count). The monoisotopic (exact) mass is 390 g/mol. The Morgan fingerprint density at radius 3 is 2.80 bits per heavy atom. The third-order valence-electron chi connectivity index (χ3n) is 2.51. The van der Waals surface area contributed by atoms with Crippen LogP contribution in [-0.4, -0.2) is 20.6 Å². The summed E-state index contributed by atoms with van der Waals surface area (Å²) < 4.78 is 15.2. The van der Waals surface area contributed by atoms with E-state index in [2.05, 4.69) is 10.4 Å². The van der Waals surface area contributed by atoms with Gasteiger partial charge in [0.15, 0.2) is 0 Å². The first-order chi connectivity index (χ1) is 9.40. The fourth-order valence-electron chi connectivity index (χ4n) is 1.59. The first-order valence-corrected chi connectivity index (χ1v) is 6.41. The molecule has 1 heterocycles. The average Bonchev–Trinajstić information content (AvgIpc) is 2.71. The van der Waals surface area contributed by atoms with Crippen molar-refractivity contribution < 1.29 is 14.1 Å². The number of aryl methyl sites for hydroxylation is 1. The Kier molecular flexibility index (Phi) is 3.97. The van der Waals surface area contributed by atoms with Gasteiger partial charge in [0.2, 0.25) is 5.82 Å². The van der Waals surface area contributed by atoms with E-state index in [0.29, 0.717) is 9.26 Å². The summed E-state index contributed by atoms with van der Waals surface area (Å²) in [6.45, 7) is 0. The van der Waals surface area contributed by atoms with Crippen LogP contribution in [0.5, 0.6) is 0 Å². The number of rotatable bonds is 3. The number of anilines is 1. The van der Waals surface area contributed by atoms with E-state index in [9.17, 15) is 19.3 Å². The number of nitro benzene ring substituents is 1. The molecule has 0 aliphatic carbocycles. The number of carbonyl (C=O) groups is 1. The van der Waals surface area contributed by atoms with Crippen LogP contribution in [0, 0.1) is 19.5 Å². The van der Waals surface area contributed by atoms with Gasteiger partial charge in [-0.15, -0.1) is 0 Å². The lowest BCUT2D eigenvalue weighted by atomic mass is 10.2. The molecule has 0 fully saturated rings. The molecule has 9 heteroatoms. The van der Waals surface area contributed by atoms with Crippen LogP contribution in [0.2, 0.25) is 0 Å². The predicted octanol–water partition coefficient (Wildman–Crippen LogP) is 2.32. The van der Waals surface area contributed by atoms with Crippen molar-refractivity contribution in [3.8, 4) is 0 Å². The summed E-state index contributed by atoms with van der Waals surface area (Å²) in [7, 11) is 1.60. The molecule has 0 spiro atoms. The van der Waals surface area contributed by atoms with E-state index in [1.54, 1.807) is 7.05 Å². The molecular weight excluding hydrogens is 382 g/mol. The highest BCUT2D eigenvalue weighted by molar-refractivity contribution is 14.1. The molecule has 0 unspecified atom stereocenters. The molecule has 1 N–H and O–H groups in total. The summed E-state index contributed by atoms with van der Waals surface area (Å²) in [5.41, 5.74) is -0.236. The van der Waals surface area contributed by atoms with Gasteiger partial charge in [-0.25, -0.2) is 0 Å². The fraction of sp³-hybridized carbons (Fsp3) is 0.0909. The van der Waals surface area contributed by atoms with Crippen LogP contribution in [-0.2, 0) is 7.05 Å². The molecule has 1 amide bonds. The SMILES string of the molecule is Cn1ncc(I)c1C(=O)Nc1ccc(F)c([N+](=O)[O-])c1. The van der Waals surface area contributed by atoms with Gasteiger partial charge in [0.05, 0.1) is 14.7 Å². The van der Waals surface area contributed by atoms with E-state index < -0.39 is 22.3 Å². The Balaban J connectivity index is 2.29. The van der Waals surface area contributed by atoms with Gasteiger partial charge in [0, 0.05) is 18.8 Å². The molecule has 7 nitrogen and oxygen atoms in total. The maximum absolute atomic E-state index is 13.2. The standard InChI is InChI=1S/C11H8FIN4O3/c1-16-10(8(13)5-14-16)11(18)15-6-2-3-7(12)9(4-6)17(19)20/h2-5H,1H3,(H,15,18). The minimum absolute atomic E-state index is 0.139. The number of nitro groups is 1. The van der Waals surface area contributed by atoms with Crippen LogP contribution in [0.3, 0.4) is 0 Å². The van der Waals surface area contributed by atoms with Gasteiger partial charge in [-0.1, -0.05) is 0 Å². The zero-order valence-corrected chi connectivity index (χ0v) is 12.3. The number of halogens is 2. The van der Waals surface area contributed by atoms with Crippen LogP contribution >= 0.6 is 22.6 Å². The maximum Gasteiger partial charge on any atom is 0.306 e. The zero-order valence-electron chi connectivity index (χ0n) is 10.1. The molecule has 0 aliphatic rings. The van der Waals surface area contributed by atoms with Crippen molar-refractivity contribution in [2.45, 2.75) is 0 Å². The fourth-order valence-corrected chi connectivity index (χ4v) is 2.31. The number of aromatic nitrogens is 2. The molecule has 0 aliphatic heterocycles. The van der Waals surface area contributed by atoms with Crippen LogP contribution < -0.4 is 5.32 Å². The molecule has 0 bridgehead atoms. The van der Waals surface area contributed by atoms with Crippen LogP contribution in [0.25, 0.3) is 0 Å². The minimum atomic E-state index is -0.955. The normalized spacial score (nSPS) is 10.3. The second-order valence-corrected chi connectivity index (χ2v) is 5.00. The third kappa shape index (κ3) is 2.76. The summed E-state index contributed by atoms with van der Waals surface area (Å²) in [5.74, 6) is -1.43. The Labute approximate surface area is 126 Å². The molecule has 20 heavy (non-hydrogen) atoms. The Bertz CT molecular complexity index is 681. The Morgan fingerprint density at radius 2 is 2.25 bits per heavy atom. The zero-order chi connectivity index (χ0) is 14.9. The van der Waals surface area contributed by atoms with Gasteiger partial charge in [0.25, 0.3) is 5.91 Å². The van der Waals surface area contributed by atoms with Crippen molar-refractivity contribution in [3.05, 3.63) is 49.6 Å². The van der Waals surface area contributed by atoms with Crippen molar-refractivity contribution in [1.29, 1.82) is 0 Å². The highest BCUT2D eigenvalue weighted by atomic mass is 127. The van der Waals surface area contributed by atoms with Gasteiger partial charge < -0.3 is 5.32 Å². The molecule has 104 valence electrons. The van der Waals surface area contributed by atoms with Crippen molar-refractivity contribution >= 4 is 39.9 Å². The van der Waals surface area contributed by atoms with Gasteiger partial charge in [-0.2, -0.15) is 9.49 Å². The van der Waals surface area contributed by atoms with Crippen molar-refractivity contribution in [3.63, 3.8) is 0 Å². The Hall–Kier alpha value is -2.04. The smallest absolute Gasteiger partial charge is 0.306 e. The molecule has 0 saturated heterocycles. The molecular formula is C11H8FIN4O3. The predicted molar refractivity (Wildman–Crippen MR) is 76.9 cm³/mol. The van der Waals surface area contributed by atoms with E-state index in [1.807, 2.05) is 22.6 Å². The first-order valence-electron chi connectivity index (χ1n) is 5.33. The molecule has 1 aromatic carbocycles. The van der Waals surface area contributed by atoms with Crippen LogP contribution in [0.1, 0.15) is 10.5 Å². The van der Waals surface area contributed by atoms with Crippen molar-refractivity contribution in [1.82, 2.24) is 9.78 Å². The van der Waals surface area contributed by atoms with Gasteiger partial charge in [-0.05, 0) is 34.7 Å². The largest absolute Gasteiger partial charge is 0.320 e. The molecule has 0 atom stereocenters. The van der Waals surface area contributed by atoms with Crippen LogP contribution in [0.15, 0.2) is 24.4 Å². The van der Waals surface area contributed by atoms with E-state index in [4.69, 9.17) is 0 Å². The number of benzene rings is 1. The number of amides is 1. The lowest BCUT2D eigenvalue weighted by Gasteiger charge is -2.06. The number of hydrogen-bond donors (Lipinski definition) is 1. The van der Waals surface area contributed by atoms with E-state index >= 15 is 0 Å². The van der Waals surface area contributed by atoms with Gasteiger partial charge in [0.1, 0.15) is 5.69 Å². The molecule has 0 saturated carbocycles. The summed E-state index contributed by atoms with van der Waals surface area (Å²) in [5, 5.41) is 17.0. The van der Waals surface area contributed by atoms with Crippen molar-refractivity contribution in [2.24, 2.45) is 7.05 Å². The van der Waals surface area contributed by atoms with Crippen molar-refractivity contribution in [2.75, 3.05) is 5.32 Å². The number of carbonyl (C=O) groups excluding carboxylic acids is 1. The number of nitrogens with zero attached hydrogens (tertiary/aromatic N) is 3. The third-order valence-corrected chi connectivity index (χ3v) is 3.30. The number of hydrogen-bond acceptors (Lipinski definition) is 4. The van der Waals surface area contributed by atoms with Gasteiger partial charge >= 0.3 is 5.69 Å². The summed E-state index contributed by atoms with van der Waals surface area (Å²) in [4.78, 5) is 21.8. The van der Waals surface area contributed by atoms with Gasteiger partial charge in [-0.3, -0.25) is 19.6 Å². The quantitative estimate of drug-likeness (QED) is 0.495. The highest BCUT2D eigenvalue weighted by Gasteiger charge is 2.18. The Morgan fingerprint density at radius 1 is 1.55 bits per heavy atom. The minimum Gasteiger partial charge on any atom is -0.320 e. The lowest BCUT2D eigenvalue weighted by molar-refractivity contribution is -0.387. The summed E-state index contributed by atoms with van der Waals surface area (Å²) in [6.07, 6.45) is 1.52.